The van der Waals surface area contributed by atoms with Crippen molar-refractivity contribution in [3.05, 3.63) is 30.3 Å². The molecule has 0 unspecified atom stereocenters. The number of carboxylic acids is 1. The van der Waals surface area contributed by atoms with E-state index in [1.54, 1.807) is 4.90 Å². The van der Waals surface area contributed by atoms with Gasteiger partial charge in [0.05, 0.1) is 0 Å². The van der Waals surface area contributed by atoms with Crippen LogP contribution >= 0.6 is 0 Å². The Morgan fingerprint density at radius 2 is 1.95 bits per heavy atom. The Labute approximate surface area is 118 Å². The number of nitrogens with zero attached hydrogens (tertiary/aromatic N) is 1. The SMILES string of the molecule is CCN(C(=O)NC1CC(CC(=O)O)C1)c1ccccc1. The minimum atomic E-state index is -0.765. The van der Waals surface area contributed by atoms with Gasteiger partial charge in [-0.05, 0) is 37.8 Å². The molecule has 1 fully saturated rings. The highest BCUT2D eigenvalue weighted by Crippen LogP contribution is 2.30. The molecule has 2 N–H and O–H groups in total. The van der Waals surface area contributed by atoms with E-state index >= 15 is 0 Å². The Bertz CT molecular complexity index is 469. The summed E-state index contributed by atoms with van der Waals surface area (Å²) in [4.78, 5) is 24.5. The van der Waals surface area contributed by atoms with Gasteiger partial charge in [-0.15, -0.1) is 0 Å². The minimum Gasteiger partial charge on any atom is -0.481 e. The first-order valence-electron chi connectivity index (χ1n) is 6.95. The molecule has 1 aromatic rings. The Hall–Kier alpha value is -2.04. The first kappa shape index (κ1) is 14.4. The second kappa shape index (κ2) is 6.41. The Morgan fingerprint density at radius 3 is 2.50 bits per heavy atom. The third kappa shape index (κ3) is 3.50. The van der Waals surface area contributed by atoms with Crippen molar-refractivity contribution in [1.82, 2.24) is 5.32 Å². The summed E-state index contributed by atoms with van der Waals surface area (Å²) in [5, 5.41) is 11.7. The van der Waals surface area contributed by atoms with Crippen molar-refractivity contribution in [2.24, 2.45) is 5.92 Å². The molecule has 20 heavy (non-hydrogen) atoms. The lowest BCUT2D eigenvalue weighted by Gasteiger charge is -2.36. The van der Waals surface area contributed by atoms with Crippen LogP contribution in [0.25, 0.3) is 0 Å². The number of hydrogen-bond donors (Lipinski definition) is 2. The number of anilines is 1. The second-order valence-electron chi connectivity index (χ2n) is 5.16. The number of rotatable bonds is 5. The zero-order chi connectivity index (χ0) is 14.5. The molecule has 0 aromatic heterocycles. The van der Waals surface area contributed by atoms with Crippen LogP contribution in [0.5, 0.6) is 0 Å². The number of benzene rings is 1. The number of carbonyl (C=O) groups is 2. The quantitative estimate of drug-likeness (QED) is 0.868. The van der Waals surface area contributed by atoms with E-state index in [4.69, 9.17) is 5.11 Å². The van der Waals surface area contributed by atoms with Crippen LogP contribution in [0.3, 0.4) is 0 Å². The molecule has 0 heterocycles. The first-order valence-corrected chi connectivity index (χ1v) is 6.95. The number of aliphatic carboxylic acids is 1. The fourth-order valence-corrected chi connectivity index (χ4v) is 2.57. The lowest BCUT2D eigenvalue weighted by molar-refractivity contribution is -0.138. The summed E-state index contributed by atoms with van der Waals surface area (Å²) >= 11 is 0. The van der Waals surface area contributed by atoms with Crippen LogP contribution in [0, 0.1) is 5.92 Å². The fraction of sp³-hybridized carbons (Fsp3) is 0.467. The average Bonchev–Trinajstić information content (AvgIpc) is 2.38. The van der Waals surface area contributed by atoms with Crippen LogP contribution in [0.4, 0.5) is 10.5 Å². The number of para-hydroxylation sites is 1. The third-order valence-electron chi connectivity index (χ3n) is 3.66. The molecule has 0 radical (unpaired) electrons. The van der Waals surface area contributed by atoms with Crippen LogP contribution < -0.4 is 10.2 Å². The van der Waals surface area contributed by atoms with Crippen molar-refractivity contribution in [3.63, 3.8) is 0 Å². The van der Waals surface area contributed by atoms with E-state index in [9.17, 15) is 9.59 Å². The Balaban J connectivity index is 1.84. The predicted octanol–water partition coefficient (Wildman–Crippen LogP) is 2.48. The van der Waals surface area contributed by atoms with Crippen molar-refractivity contribution in [2.75, 3.05) is 11.4 Å². The summed E-state index contributed by atoms with van der Waals surface area (Å²) in [5.41, 5.74) is 0.869. The molecule has 0 aliphatic heterocycles. The summed E-state index contributed by atoms with van der Waals surface area (Å²) in [6, 6.07) is 9.50. The number of carbonyl (C=O) groups excluding carboxylic acids is 1. The van der Waals surface area contributed by atoms with Gasteiger partial charge in [-0.1, -0.05) is 18.2 Å². The molecule has 0 saturated heterocycles. The summed E-state index contributed by atoms with van der Waals surface area (Å²) < 4.78 is 0. The third-order valence-corrected chi connectivity index (χ3v) is 3.66. The largest absolute Gasteiger partial charge is 0.481 e. The smallest absolute Gasteiger partial charge is 0.322 e. The lowest BCUT2D eigenvalue weighted by Crippen LogP contribution is -2.50. The molecule has 1 aliphatic rings. The zero-order valence-electron chi connectivity index (χ0n) is 11.6. The Kier molecular flexibility index (Phi) is 4.61. The number of nitrogens with one attached hydrogen (secondary N) is 1. The van der Waals surface area contributed by atoms with Gasteiger partial charge in [0.15, 0.2) is 0 Å². The standard InChI is InChI=1S/C15H20N2O3/c1-2-17(13-6-4-3-5-7-13)15(20)16-12-8-11(9-12)10-14(18)19/h3-7,11-12H,2,8-10H2,1H3,(H,16,20)(H,18,19). The second-order valence-corrected chi connectivity index (χ2v) is 5.16. The lowest BCUT2D eigenvalue weighted by atomic mass is 9.78. The molecule has 5 nitrogen and oxygen atoms in total. The van der Waals surface area contributed by atoms with Crippen LogP contribution in [-0.2, 0) is 4.79 Å². The molecule has 1 aliphatic carbocycles. The van der Waals surface area contributed by atoms with Crippen molar-refractivity contribution >= 4 is 17.7 Å². The molecule has 1 aromatic carbocycles. The molecule has 1 saturated carbocycles. The minimum absolute atomic E-state index is 0.101. The van der Waals surface area contributed by atoms with Gasteiger partial charge in [-0.2, -0.15) is 0 Å². The van der Waals surface area contributed by atoms with Crippen LogP contribution in [0.15, 0.2) is 30.3 Å². The molecule has 2 amide bonds. The van der Waals surface area contributed by atoms with Crippen molar-refractivity contribution in [2.45, 2.75) is 32.2 Å². The van der Waals surface area contributed by atoms with Gasteiger partial charge < -0.3 is 10.4 Å². The van der Waals surface area contributed by atoms with E-state index in [1.165, 1.54) is 0 Å². The maximum absolute atomic E-state index is 12.2. The Morgan fingerprint density at radius 1 is 1.30 bits per heavy atom. The summed E-state index contributed by atoms with van der Waals surface area (Å²) in [6.45, 7) is 2.53. The summed E-state index contributed by atoms with van der Waals surface area (Å²) in [6.07, 6.45) is 1.71. The van der Waals surface area contributed by atoms with Gasteiger partial charge in [0, 0.05) is 24.7 Å². The maximum Gasteiger partial charge on any atom is 0.322 e. The molecular formula is C15H20N2O3. The molecule has 5 heteroatoms. The van der Waals surface area contributed by atoms with Crippen molar-refractivity contribution < 1.29 is 14.7 Å². The van der Waals surface area contributed by atoms with Gasteiger partial charge >= 0.3 is 12.0 Å². The van der Waals surface area contributed by atoms with Gasteiger partial charge in [0.1, 0.15) is 0 Å². The highest BCUT2D eigenvalue weighted by molar-refractivity contribution is 5.92. The summed E-state index contributed by atoms with van der Waals surface area (Å²) in [7, 11) is 0. The highest BCUT2D eigenvalue weighted by atomic mass is 16.4. The molecule has 0 atom stereocenters. The molecule has 0 bridgehead atoms. The van der Waals surface area contributed by atoms with Crippen LogP contribution in [0.2, 0.25) is 0 Å². The molecule has 2 rings (SSSR count). The van der Waals surface area contributed by atoms with Crippen molar-refractivity contribution in [3.8, 4) is 0 Å². The van der Waals surface area contributed by atoms with Crippen molar-refractivity contribution in [1.29, 1.82) is 0 Å². The van der Waals surface area contributed by atoms with Crippen LogP contribution in [0.1, 0.15) is 26.2 Å². The fourth-order valence-electron chi connectivity index (χ4n) is 2.57. The van der Waals surface area contributed by atoms with E-state index in [0.717, 1.165) is 18.5 Å². The van der Waals surface area contributed by atoms with E-state index in [0.29, 0.717) is 6.54 Å². The first-order chi connectivity index (χ1) is 9.60. The highest BCUT2D eigenvalue weighted by Gasteiger charge is 2.32. The van der Waals surface area contributed by atoms with E-state index in [2.05, 4.69) is 5.32 Å². The molecule has 108 valence electrons. The van der Waals surface area contributed by atoms with Crippen LogP contribution in [-0.4, -0.2) is 29.7 Å². The zero-order valence-corrected chi connectivity index (χ0v) is 11.6. The number of urea groups is 1. The number of hydrogen-bond acceptors (Lipinski definition) is 2. The van der Waals surface area contributed by atoms with Gasteiger partial charge in [-0.25, -0.2) is 4.79 Å². The topological polar surface area (TPSA) is 69.6 Å². The van der Waals surface area contributed by atoms with E-state index in [-0.39, 0.29) is 24.4 Å². The maximum atomic E-state index is 12.2. The number of carboxylic acid groups (broad SMARTS) is 1. The number of amides is 2. The average molecular weight is 276 g/mol. The van der Waals surface area contributed by atoms with Gasteiger partial charge in [0.25, 0.3) is 0 Å². The van der Waals surface area contributed by atoms with E-state index < -0.39 is 5.97 Å². The molecule has 0 spiro atoms. The van der Waals surface area contributed by atoms with Gasteiger partial charge in [-0.3, -0.25) is 9.69 Å². The molecular weight excluding hydrogens is 256 g/mol. The van der Waals surface area contributed by atoms with E-state index in [1.807, 2.05) is 37.3 Å². The predicted molar refractivity (Wildman–Crippen MR) is 76.8 cm³/mol. The summed E-state index contributed by atoms with van der Waals surface area (Å²) in [5.74, 6) is -0.566. The normalized spacial score (nSPS) is 20.9. The van der Waals surface area contributed by atoms with Gasteiger partial charge in [0.2, 0.25) is 0 Å². The monoisotopic (exact) mass is 276 g/mol.